The lowest BCUT2D eigenvalue weighted by atomic mass is 9.87. The van der Waals surface area contributed by atoms with Crippen molar-refractivity contribution in [2.24, 2.45) is 5.92 Å². The molecule has 1 aromatic carbocycles. The average molecular weight is 274 g/mol. The number of hydrogen-bond acceptors (Lipinski definition) is 2. The zero-order valence-electron chi connectivity index (χ0n) is 12.5. The topological polar surface area (TPSA) is 41.1 Å². The van der Waals surface area contributed by atoms with Crippen LogP contribution in [-0.2, 0) is 11.3 Å². The molecule has 3 nitrogen and oxygen atoms in total. The van der Waals surface area contributed by atoms with Crippen LogP contribution in [0, 0.1) is 5.92 Å². The maximum atomic E-state index is 12.1. The van der Waals surface area contributed by atoms with Gasteiger partial charge in [0.15, 0.2) is 0 Å². The van der Waals surface area contributed by atoms with Gasteiger partial charge in [-0.1, -0.05) is 38.3 Å². The molecule has 0 saturated heterocycles. The van der Waals surface area contributed by atoms with Crippen molar-refractivity contribution in [3.05, 3.63) is 29.8 Å². The van der Waals surface area contributed by atoms with Gasteiger partial charge in [0.25, 0.3) is 0 Å². The summed E-state index contributed by atoms with van der Waals surface area (Å²) < 4.78 is 0. The van der Waals surface area contributed by atoms with E-state index in [9.17, 15) is 4.79 Å². The summed E-state index contributed by atoms with van der Waals surface area (Å²) in [5, 5.41) is 6.34. The van der Waals surface area contributed by atoms with Crippen LogP contribution in [0.4, 0.5) is 5.69 Å². The average Bonchev–Trinajstić information content (AvgIpc) is 2.46. The first kappa shape index (κ1) is 15.0. The quantitative estimate of drug-likeness (QED) is 0.830. The summed E-state index contributed by atoms with van der Waals surface area (Å²) >= 11 is 0. The SMILES string of the molecule is CCNCc1cccc(NC(=O)CC2CCCCC2)c1. The van der Waals surface area contributed by atoms with E-state index >= 15 is 0 Å². The first-order chi connectivity index (χ1) is 9.78. The van der Waals surface area contributed by atoms with Gasteiger partial charge in [0, 0.05) is 18.7 Å². The van der Waals surface area contributed by atoms with Crippen molar-refractivity contribution >= 4 is 11.6 Å². The molecule has 1 aliphatic carbocycles. The molecule has 2 rings (SSSR count). The van der Waals surface area contributed by atoms with Gasteiger partial charge in [-0.3, -0.25) is 4.79 Å². The van der Waals surface area contributed by atoms with Gasteiger partial charge in [-0.2, -0.15) is 0 Å². The van der Waals surface area contributed by atoms with E-state index in [2.05, 4.69) is 29.7 Å². The smallest absolute Gasteiger partial charge is 0.224 e. The Bertz CT molecular complexity index is 425. The molecule has 1 amide bonds. The fourth-order valence-corrected chi connectivity index (χ4v) is 2.89. The molecule has 1 saturated carbocycles. The van der Waals surface area contributed by atoms with E-state index in [-0.39, 0.29) is 5.91 Å². The first-order valence-electron chi connectivity index (χ1n) is 7.87. The minimum Gasteiger partial charge on any atom is -0.326 e. The second-order valence-electron chi connectivity index (χ2n) is 5.74. The molecule has 2 N–H and O–H groups in total. The summed E-state index contributed by atoms with van der Waals surface area (Å²) in [5.74, 6) is 0.756. The molecule has 0 aliphatic heterocycles. The van der Waals surface area contributed by atoms with Crippen LogP contribution in [0.15, 0.2) is 24.3 Å². The molecular formula is C17H26N2O. The van der Waals surface area contributed by atoms with Crippen LogP contribution in [0.2, 0.25) is 0 Å². The van der Waals surface area contributed by atoms with Crippen LogP contribution in [0.25, 0.3) is 0 Å². The molecule has 3 heteroatoms. The number of amides is 1. The maximum absolute atomic E-state index is 12.1. The van der Waals surface area contributed by atoms with E-state index in [0.29, 0.717) is 12.3 Å². The number of anilines is 1. The number of carbonyl (C=O) groups is 1. The van der Waals surface area contributed by atoms with Gasteiger partial charge in [0.05, 0.1) is 0 Å². The van der Waals surface area contributed by atoms with E-state index in [1.54, 1.807) is 0 Å². The molecule has 1 aromatic rings. The Balaban J connectivity index is 1.83. The Morgan fingerprint density at radius 3 is 2.80 bits per heavy atom. The number of rotatable bonds is 6. The van der Waals surface area contributed by atoms with Gasteiger partial charge in [0.1, 0.15) is 0 Å². The molecule has 20 heavy (non-hydrogen) atoms. The molecule has 0 aromatic heterocycles. The largest absolute Gasteiger partial charge is 0.326 e. The third kappa shape index (κ3) is 4.97. The second kappa shape index (κ2) is 8.05. The zero-order chi connectivity index (χ0) is 14.2. The third-order valence-corrected chi connectivity index (χ3v) is 3.99. The molecule has 1 fully saturated rings. The highest BCUT2D eigenvalue weighted by Gasteiger charge is 2.16. The molecule has 0 atom stereocenters. The number of nitrogens with one attached hydrogen (secondary N) is 2. The normalized spacial score (nSPS) is 16.1. The Morgan fingerprint density at radius 1 is 1.25 bits per heavy atom. The molecule has 0 bridgehead atoms. The standard InChI is InChI=1S/C17H26N2O/c1-2-18-13-15-9-6-10-16(11-15)19-17(20)12-14-7-4-3-5-8-14/h6,9-11,14,18H,2-5,7-8,12-13H2,1H3,(H,19,20). The third-order valence-electron chi connectivity index (χ3n) is 3.99. The van der Waals surface area contributed by atoms with Crippen LogP contribution < -0.4 is 10.6 Å². The van der Waals surface area contributed by atoms with Crippen LogP contribution in [0.3, 0.4) is 0 Å². The maximum Gasteiger partial charge on any atom is 0.224 e. The van der Waals surface area contributed by atoms with Gasteiger partial charge >= 0.3 is 0 Å². The minimum atomic E-state index is 0.164. The van der Waals surface area contributed by atoms with Crippen LogP contribution >= 0.6 is 0 Å². The van der Waals surface area contributed by atoms with Crippen molar-refractivity contribution in [1.29, 1.82) is 0 Å². The predicted octanol–water partition coefficient (Wildman–Crippen LogP) is 3.71. The zero-order valence-corrected chi connectivity index (χ0v) is 12.5. The minimum absolute atomic E-state index is 0.164. The van der Waals surface area contributed by atoms with E-state index in [4.69, 9.17) is 0 Å². The van der Waals surface area contributed by atoms with E-state index < -0.39 is 0 Å². The molecule has 110 valence electrons. The lowest BCUT2D eigenvalue weighted by Gasteiger charge is -2.20. The Morgan fingerprint density at radius 2 is 2.05 bits per heavy atom. The predicted molar refractivity (Wildman–Crippen MR) is 83.6 cm³/mol. The van der Waals surface area contributed by atoms with Crippen molar-refractivity contribution < 1.29 is 4.79 Å². The summed E-state index contributed by atoms with van der Waals surface area (Å²) in [4.78, 5) is 12.1. The van der Waals surface area contributed by atoms with Gasteiger partial charge in [0.2, 0.25) is 5.91 Å². The van der Waals surface area contributed by atoms with Gasteiger partial charge in [-0.15, -0.1) is 0 Å². The summed E-state index contributed by atoms with van der Waals surface area (Å²) in [6.45, 7) is 3.90. The Hall–Kier alpha value is -1.35. The lowest BCUT2D eigenvalue weighted by Crippen LogP contribution is -2.18. The van der Waals surface area contributed by atoms with E-state index in [1.807, 2.05) is 12.1 Å². The Kier molecular flexibility index (Phi) is 6.06. The van der Waals surface area contributed by atoms with Crippen LogP contribution in [0.5, 0.6) is 0 Å². The highest BCUT2D eigenvalue weighted by molar-refractivity contribution is 5.90. The number of hydrogen-bond donors (Lipinski definition) is 2. The first-order valence-corrected chi connectivity index (χ1v) is 7.87. The monoisotopic (exact) mass is 274 g/mol. The number of benzene rings is 1. The molecule has 0 heterocycles. The molecule has 0 unspecified atom stereocenters. The van der Waals surface area contributed by atoms with Crippen molar-refractivity contribution in [3.63, 3.8) is 0 Å². The molecule has 0 radical (unpaired) electrons. The fourth-order valence-electron chi connectivity index (χ4n) is 2.89. The van der Waals surface area contributed by atoms with Crippen LogP contribution in [-0.4, -0.2) is 12.5 Å². The fraction of sp³-hybridized carbons (Fsp3) is 0.588. The van der Waals surface area contributed by atoms with Crippen molar-refractivity contribution in [2.75, 3.05) is 11.9 Å². The van der Waals surface area contributed by atoms with Crippen LogP contribution in [0.1, 0.15) is 51.0 Å². The van der Waals surface area contributed by atoms with E-state index in [0.717, 1.165) is 18.8 Å². The number of carbonyl (C=O) groups excluding carboxylic acids is 1. The summed E-state index contributed by atoms with van der Waals surface area (Å²) in [6, 6.07) is 8.11. The van der Waals surface area contributed by atoms with Crippen molar-refractivity contribution in [1.82, 2.24) is 5.32 Å². The van der Waals surface area contributed by atoms with Crippen molar-refractivity contribution in [2.45, 2.75) is 52.0 Å². The molecule has 0 spiro atoms. The lowest BCUT2D eigenvalue weighted by molar-refractivity contribution is -0.117. The highest BCUT2D eigenvalue weighted by atomic mass is 16.1. The summed E-state index contributed by atoms with van der Waals surface area (Å²) in [6.07, 6.45) is 7.02. The Labute approximate surface area is 122 Å². The second-order valence-corrected chi connectivity index (χ2v) is 5.74. The summed E-state index contributed by atoms with van der Waals surface area (Å²) in [5.41, 5.74) is 2.13. The molecule has 1 aliphatic rings. The van der Waals surface area contributed by atoms with Gasteiger partial charge < -0.3 is 10.6 Å². The van der Waals surface area contributed by atoms with Crippen molar-refractivity contribution in [3.8, 4) is 0 Å². The van der Waals surface area contributed by atoms with Gasteiger partial charge in [-0.25, -0.2) is 0 Å². The summed E-state index contributed by atoms with van der Waals surface area (Å²) in [7, 11) is 0. The molecular weight excluding hydrogens is 248 g/mol. The van der Waals surface area contributed by atoms with Gasteiger partial charge in [-0.05, 0) is 43.0 Å². The highest BCUT2D eigenvalue weighted by Crippen LogP contribution is 2.26. The van der Waals surface area contributed by atoms with E-state index in [1.165, 1.54) is 37.7 Å².